The van der Waals surface area contributed by atoms with Crippen LogP contribution in [-0.2, 0) is 5.41 Å². The molecular formula is C16H26N2O. The second kappa shape index (κ2) is 6.20. The first-order valence-electron chi connectivity index (χ1n) is 6.85. The van der Waals surface area contributed by atoms with Gasteiger partial charge in [0, 0.05) is 18.7 Å². The zero-order valence-corrected chi connectivity index (χ0v) is 12.7. The number of rotatable bonds is 4. The predicted molar refractivity (Wildman–Crippen MR) is 80.4 cm³/mol. The van der Waals surface area contributed by atoms with E-state index in [0.29, 0.717) is 6.54 Å². The van der Waals surface area contributed by atoms with Crippen LogP contribution in [0.3, 0.4) is 0 Å². The summed E-state index contributed by atoms with van der Waals surface area (Å²) < 4.78 is 0. The Labute approximate surface area is 116 Å². The molecule has 0 aliphatic heterocycles. The SMILES string of the molecule is CC(CCN)N(C)C(=O)c1ccccc1C(C)(C)C. The maximum Gasteiger partial charge on any atom is 0.254 e. The highest BCUT2D eigenvalue weighted by Gasteiger charge is 2.24. The molecular weight excluding hydrogens is 236 g/mol. The summed E-state index contributed by atoms with van der Waals surface area (Å²) in [6.45, 7) is 9.01. The number of nitrogens with two attached hydrogens (primary N) is 1. The van der Waals surface area contributed by atoms with Crippen LogP contribution < -0.4 is 5.73 Å². The third kappa shape index (κ3) is 3.80. The van der Waals surface area contributed by atoms with E-state index in [0.717, 1.165) is 17.5 Å². The van der Waals surface area contributed by atoms with Crippen LogP contribution in [0.2, 0.25) is 0 Å². The molecule has 1 aromatic rings. The lowest BCUT2D eigenvalue weighted by molar-refractivity contribution is 0.0736. The average Bonchev–Trinajstić information content (AvgIpc) is 2.36. The molecule has 19 heavy (non-hydrogen) atoms. The second-order valence-corrected chi connectivity index (χ2v) is 6.14. The van der Waals surface area contributed by atoms with Gasteiger partial charge in [0.15, 0.2) is 0 Å². The van der Waals surface area contributed by atoms with E-state index in [-0.39, 0.29) is 17.4 Å². The molecule has 1 unspecified atom stereocenters. The highest BCUT2D eigenvalue weighted by Crippen LogP contribution is 2.26. The first-order valence-corrected chi connectivity index (χ1v) is 6.85. The first kappa shape index (κ1) is 15.7. The lowest BCUT2D eigenvalue weighted by Gasteiger charge is -2.28. The Kier molecular flexibility index (Phi) is 5.12. The van der Waals surface area contributed by atoms with Crippen molar-refractivity contribution in [1.82, 2.24) is 4.90 Å². The summed E-state index contributed by atoms with van der Waals surface area (Å²) >= 11 is 0. The average molecular weight is 262 g/mol. The third-order valence-corrected chi connectivity index (χ3v) is 3.53. The number of hydrogen-bond donors (Lipinski definition) is 1. The van der Waals surface area contributed by atoms with E-state index in [4.69, 9.17) is 5.73 Å². The predicted octanol–water partition coefficient (Wildman–Crippen LogP) is 2.79. The number of carbonyl (C=O) groups excluding carboxylic acids is 1. The van der Waals surface area contributed by atoms with Crippen molar-refractivity contribution in [1.29, 1.82) is 0 Å². The minimum atomic E-state index is -0.0375. The van der Waals surface area contributed by atoms with Gasteiger partial charge in [-0.1, -0.05) is 39.0 Å². The lowest BCUT2D eigenvalue weighted by Crippen LogP contribution is -2.37. The highest BCUT2D eigenvalue weighted by atomic mass is 16.2. The van der Waals surface area contributed by atoms with Gasteiger partial charge in [0.25, 0.3) is 5.91 Å². The van der Waals surface area contributed by atoms with Gasteiger partial charge >= 0.3 is 0 Å². The van der Waals surface area contributed by atoms with Crippen LogP contribution in [0.1, 0.15) is 50.0 Å². The molecule has 0 heterocycles. The van der Waals surface area contributed by atoms with Gasteiger partial charge in [0.1, 0.15) is 0 Å². The molecule has 0 saturated heterocycles. The molecule has 0 aliphatic rings. The Bertz CT molecular complexity index is 435. The monoisotopic (exact) mass is 262 g/mol. The first-order chi connectivity index (χ1) is 8.79. The van der Waals surface area contributed by atoms with E-state index in [1.807, 2.05) is 38.2 Å². The number of amides is 1. The second-order valence-electron chi connectivity index (χ2n) is 6.14. The van der Waals surface area contributed by atoms with Crippen molar-refractivity contribution in [3.63, 3.8) is 0 Å². The van der Waals surface area contributed by atoms with Crippen LogP contribution >= 0.6 is 0 Å². The minimum absolute atomic E-state index is 0.0375. The molecule has 1 atom stereocenters. The molecule has 3 heteroatoms. The molecule has 1 rings (SSSR count). The van der Waals surface area contributed by atoms with Gasteiger partial charge in [-0.15, -0.1) is 0 Å². The molecule has 0 saturated carbocycles. The standard InChI is InChI=1S/C16H26N2O/c1-12(10-11-17)18(5)15(19)13-8-6-7-9-14(13)16(2,3)4/h6-9,12H,10-11,17H2,1-5H3. The van der Waals surface area contributed by atoms with E-state index >= 15 is 0 Å². The highest BCUT2D eigenvalue weighted by molar-refractivity contribution is 5.96. The van der Waals surface area contributed by atoms with E-state index < -0.39 is 0 Å². The molecule has 3 nitrogen and oxygen atoms in total. The zero-order chi connectivity index (χ0) is 14.6. The van der Waals surface area contributed by atoms with E-state index in [1.54, 1.807) is 4.90 Å². The van der Waals surface area contributed by atoms with E-state index in [2.05, 4.69) is 20.8 Å². The van der Waals surface area contributed by atoms with Crippen LogP contribution in [0.4, 0.5) is 0 Å². The Hall–Kier alpha value is -1.35. The number of benzene rings is 1. The van der Waals surface area contributed by atoms with Crippen molar-refractivity contribution in [2.45, 2.75) is 45.6 Å². The lowest BCUT2D eigenvalue weighted by atomic mass is 9.83. The molecule has 2 N–H and O–H groups in total. The quantitative estimate of drug-likeness (QED) is 0.907. The fourth-order valence-electron chi connectivity index (χ4n) is 2.15. The molecule has 0 spiro atoms. The Morgan fingerprint density at radius 2 is 1.89 bits per heavy atom. The summed E-state index contributed by atoms with van der Waals surface area (Å²) in [5.74, 6) is 0.0754. The normalized spacial score (nSPS) is 13.2. The Balaban J connectivity index is 3.07. The fourth-order valence-corrected chi connectivity index (χ4v) is 2.15. The minimum Gasteiger partial charge on any atom is -0.339 e. The molecule has 0 radical (unpaired) electrons. The Morgan fingerprint density at radius 1 is 1.32 bits per heavy atom. The van der Waals surface area contributed by atoms with Crippen molar-refractivity contribution < 1.29 is 4.79 Å². The number of hydrogen-bond acceptors (Lipinski definition) is 2. The van der Waals surface area contributed by atoms with Crippen LogP contribution in [0.5, 0.6) is 0 Å². The van der Waals surface area contributed by atoms with Crippen molar-refractivity contribution in [3.8, 4) is 0 Å². The van der Waals surface area contributed by atoms with Crippen molar-refractivity contribution >= 4 is 5.91 Å². The summed E-state index contributed by atoms with van der Waals surface area (Å²) in [4.78, 5) is 14.4. The van der Waals surface area contributed by atoms with Crippen LogP contribution in [-0.4, -0.2) is 30.4 Å². The van der Waals surface area contributed by atoms with Gasteiger partial charge in [-0.05, 0) is 36.9 Å². The number of carbonyl (C=O) groups is 1. The van der Waals surface area contributed by atoms with Gasteiger partial charge in [-0.25, -0.2) is 0 Å². The molecule has 1 amide bonds. The topological polar surface area (TPSA) is 46.3 Å². The van der Waals surface area contributed by atoms with Crippen molar-refractivity contribution in [3.05, 3.63) is 35.4 Å². The van der Waals surface area contributed by atoms with Crippen molar-refractivity contribution in [2.24, 2.45) is 5.73 Å². The molecule has 0 fully saturated rings. The van der Waals surface area contributed by atoms with Gasteiger partial charge < -0.3 is 10.6 Å². The number of nitrogens with zero attached hydrogens (tertiary/aromatic N) is 1. The van der Waals surface area contributed by atoms with Gasteiger partial charge in [-0.2, -0.15) is 0 Å². The molecule has 0 bridgehead atoms. The molecule has 1 aromatic carbocycles. The molecule has 0 aliphatic carbocycles. The van der Waals surface area contributed by atoms with Crippen molar-refractivity contribution in [2.75, 3.05) is 13.6 Å². The van der Waals surface area contributed by atoms with Gasteiger partial charge in [0.2, 0.25) is 0 Å². The third-order valence-electron chi connectivity index (χ3n) is 3.53. The maximum absolute atomic E-state index is 12.6. The zero-order valence-electron chi connectivity index (χ0n) is 12.7. The Morgan fingerprint density at radius 3 is 2.42 bits per heavy atom. The summed E-state index contributed by atoms with van der Waals surface area (Å²) in [6, 6.07) is 8.01. The molecule has 0 aromatic heterocycles. The largest absolute Gasteiger partial charge is 0.339 e. The van der Waals surface area contributed by atoms with E-state index in [1.165, 1.54) is 0 Å². The summed E-state index contributed by atoms with van der Waals surface area (Å²) in [7, 11) is 1.85. The van der Waals surface area contributed by atoms with Crippen LogP contribution in [0.15, 0.2) is 24.3 Å². The maximum atomic E-state index is 12.6. The summed E-state index contributed by atoms with van der Waals surface area (Å²) in [5, 5.41) is 0. The van der Waals surface area contributed by atoms with Gasteiger partial charge in [0.05, 0.1) is 0 Å². The van der Waals surface area contributed by atoms with E-state index in [9.17, 15) is 4.79 Å². The van der Waals surface area contributed by atoms with Crippen LogP contribution in [0.25, 0.3) is 0 Å². The fraction of sp³-hybridized carbons (Fsp3) is 0.562. The molecule has 106 valence electrons. The van der Waals surface area contributed by atoms with Gasteiger partial charge in [-0.3, -0.25) is 4.79 Å². The summed E-state index contributed by atoms with van der Waals surface area (Å²) in [6.07, 6.45) is 0.819. The van der Waals surface area contributed by atoms with Crippen LogP contribution in [0, 0.1) is 0 Å². The smallest absolute Gasteiger partial charge is 0.254 e. The summed E-state index contributed by atoms with van der Waals surface area (Å²) in [5.41, 5.74) is 7.41.